The van der Waals surface area contributed by atoms with Crippen LogP contribution in [0.1, 0.15) is 5.56 Å². The number of imidazole rings is 1. The van der Waals surface area contributed by atoms with E-state index in [0.717, 1.165) is 22.0 Å². The van der Waals surface area contributed by atoms with E-state index in [1.807, 2.05) is 25.1 Å². The van der Waals surface area contributed by atoms with Crippen molar-refractivity contribution in [2.24, 2.45) is 0 Å². The van der Waals surface area contributed by atoms with E-state index >= 15 is 0 Å². The fourth-order valence-electron chi connectivity index (χ4n) is 1.22. The number of benzene rings is 1. The molecule has 0 aliphatic carbocycles. The third-order valence-electron chi connectivity index (χ3n) is 1.88. The molecule has 2 nitrogen and oxygen atoms in total. The monoisotopic (exact) mass is 192 g/mol. The molecular weight excluding hydrogens is 184 g/mol. The molecule has 0 radical (unpaired) electrons. The van der Waals surface area contributed by atoms with Gasteiger partial charge in [-0.3, -0.25) is 0 Å². The fraction of sp³-hybridized carbons (Fsp3) is 0.100. The van der Waals surface area contributed by atoms with Crippen LogP contribution in [-0.2, 0) is 0 Å². The van der Waals surface area contributed by atoms with Gasteiger partial charge in [0.2, 0.25) is 0 Å². The molecule has 3 heteroatoms. The van der Waals surface area contributed by atoms with E-state index < -0.39 is 0 Å². The number of nitrogens with zero attached hydrogens (tertiary/aromatic N) is 1. The fourth-order valence-corrected chi connectivity index (χ4v) is 1.55. The molecule has 1 N–H and O–H groups in total. The summed E-state index contributed by atoms with van der Waals surface area (Å²) in [5.74, 6) is 0.810. The first-order valence-electron chi connectivity index (χ1n) is 4.03. The Morgan fingerprint density at radius 3 is 2.85 bits per heavy atom. The summed E-state index contributed by atoms with van der Waals surface area (Å²) in [5, 5.41) is 0.731. The lowest BCUT2D eigenvalue weighted by Crippen LogP contribution is -1.82. The van der Waals surface area contributed by atoms with Crippen molar-refractivity contribution >= 4 is 11.6 Å². The zero-order chi connectivity index (χ0) is 9.26. The molecule has 0 unspecified atom stereocenters. The zero-order valence-electron chi connectivity index (χ0n) is 7.21. The second kappa shape index (κ2) is 3.23. The van der Waals surface area contributed by atoms with Crippen LogP contribution in [0, 0.1) is 6.92 Å². The first-order valence-corrected chi connectivity index (χ1v) is 4.41. The second-order valence-electron chi connectivity index (χ2n) is 2.92. The van der Waals surface area contributed by atoms with E-state index in [0.29, 0.717) is 0 Å². The molecule has 1 aromatic heterocycles. The van der Waals surface area contributed by atoms with Gasteiger partial charge in [0.05, 0.1) is 5.02 Å². The van der Waals surface area contributed by atoms with Crippen LogP contribution in [0.2, 0.25) is 5.02 Å². The van der Waals surface area contributed by atoms with Gasteiger partial charge in [-0.25, -0.2) is 4.98 Å². The van der Waals surface area contributed by atoms with Crippen LogP contribution in [0.15, 0.2) is 30.6 Å². The van der Waals surface area contributed by atoms with Crippen molar-refractivity contribution in [2.45, 2.75) is 6.92 Å². The molecule has 0 amide bonds. The van der Waals surface area contributed by atoms with Crippen LogP contribution in [0.5, 0.6) is 0 Å². The molecule has 0 saturated heterocycles. The number of aryl methyl sites for hydroxylation is 1. The molecule has 66 valence electrons. The maximum Gasteiger partial charge on any atom is 0.138 e. The van der Waals surface area contributed by atoms with Crippen molar-refractivity contribution in [3.63, 3.8) is 0 Å². The average Bonchev–Trinajstić information content (AvgIpc) is 2.56. The number of rotatable bonds is 1. The average molecular weight is 193 g/mol. The first-order chi connectivity index (χ1) is 6.27. The maximum atomic E-state index is 6.06. The molecule has 1 heterocycles. The van der Waals surface area contributed by atoms with Gasteiger partial charge >= 0.3 is 0 Å². The molecule has 0 atom stereocenters. The SMILES string of the molecule is Cc1ccc(-c2ncc[nH]2)c(Cl)c1. The van der Waals surface area contributed by atoms with Crippen molar-refractivity contribution in [1.29, 1.82) is 0 Å². The first kappa shape index (κ1) is 8.32. The Kier molecular flexibility index (Phi) is 2.07. The topological polar surface area (TPSA) is 28.7 Å². The van der Waals surface area contributed by atoms with Crippen molar-refractivity contribution in [3.05, 3.63) is 41.2 Å². The number of H-pyrrole nitrogens is 1. The summed E-state index contributed by atoms with van der Waals surface area (Å²) in [4.78, 5) is 7.16. The Morgan fingerprint density at radius 1 is 1.38 bits per heavy atom. The van der Waals surface area contributed by atoms with E-state index in [1.165, 1.54) is 0 Å². The molecule has 13 heavy (non-hydrogen) atoms. The molecule has 2 rings (SSSR count). The number of aromatic nitrogens is 2. The Morgan fingerprint density at radius 2 is 2.23 bits per heavy atom. The van der Waals surface area contributed by atoms with Crippen LogP contribution in [-0.4, -0.2) is 9.97 Å². The molecule has 0 aliphatic rings. The van der Waals surface area contributed by atoms with Crippen LogP contribution < -0.4 is 0 Å². The van der Waals surface area contributed by atoms with Crippen LogP contribution in [0.3, 0.4) is 0 Å². The lowest BCUT2D eigenvalue weighted by Gasteiger charge is -2.01. The third kappa shape index (κ3) is 1.58. The smallest absolute Gasteiger partial charge is 0.138 e. The minimum absolute atomic E-state index is 0.731. The van der Waals surface area contributed by atoms with Crippen LogP contribution in [0.25, 0.3) is 11.4 Å². The third-order valence-corrected chi connectivity index (χ3v) is 2.19. The molecule has 0 spiro atoms. The van der Waals surface area contributed by atoms with Crippen molar-refractivity contribution in [3.8, 4) is 11.4 Å². The Bertz CT molecular complexity index is 407. The lowest BCUT2D eigenvalue weighted by atomic mass is 10.1. The summed E-state index contributed by atoms with van der Waals surface area (Å²) in [6.07, 6.45) is 3.50. The number of halogens is 1. The quantitative estimate of drug-likeness (QED) is 0.739. The van der Waals surface area contributed by atoms with E-state index in [-0.39, 0.29) is 0 Å². The van der Waals surface area contributed by atoms with Gasteiger partial charge < -0.3 is 4.98 Å². The molecule has 0 fully saturated rings. The van der Waals surface area contributed by atoms with Gasteiger partial charge in [0.15, 0.2) is 0 Å². The van der Waals surface area contributed by atoms with Gasteiger partial charge in [0.1, 0.15) is 5.82 Å². The Balaban J connectivity index is 2.53. The predicted molar refractivity (Wildman–Crippen MR) is 53.8 cm³/mol. The highest BCUT2D eigenvalue weighted by atomic mass is 35.5. The summed E-state index contributed by atoms with van der Waals surface area (Å²) >= 11 is 6.06. The Labute approximate surface area is 81.6 Å². The maximum absolute atomic E-state index is 6.06. The predicted octanol–water partition coefficient (Wildman–Crippen LogP) is 3.04. The van der Waals surface area contributed by atoms with Crippen molar-refractivity contribution in [2.75, 3.05) is 0 Å². The van der Waals surface area contributed by atoms with Gasteiger partial charge in [-0.1, -0.05) is 17.7 Å². The van der Waals surface area contributed by atoms with E-state index in [9.17, 15) is 0 Å². The van der Waals surface area contributed by atoms with Crippen molar-refractivity contribution < 1.29 is 0 Å². The lowest BCUT2D eigenvalue weighted by molar-refractivity contribution is 1.30. The Hall–Kier alpha value is -1.28. The van der Waals surface area contributed by atoms with E-state index in [2.05, 4.69) is 9.97 Å². The van der Waals surface area contributed by atoms with Crippen molar-refractivity contribution in [1.82, 2.24) is 9.97 Å². The molecule has 0 saturated carbocycles. The van der Waals surface area contributed by atoms with E-state index in [1.54, 1.807) is 12.4 Å². The number of hydrogen-bond donors (Lipinski definition) is 1. The standard InChI is InChI=1S/C10H9ClN2/c1-7-2-3-8(9(11)6-7)10-12-4-5-13-10/h2-6H,1H3,(H,12,13). The van der Waals surface area contributed by atoms with Crippen LogP contribution >= 0.6 is 11.6 Å². The summed E-state index contributed by atoms with van der Waals surface area (Å²) in [6, 6.07) is 5.92. The molecule has 0 bridgehead atoms. The van der Waals surface area contributed by atoms with Crippen LogP contribution in [0.4, 0.5) is 0 Å². The summed E-state index contributed by atoms with van der Waals surface area (Å²) in [5.41, 5.74) is 2.09. The molecule has 2 aromatic rings. The zero-order valence-corrected chi connectivity index (χ0v) is 7.97. The minimum atomic E-state index is 0.731. The highest BCUT2D eigenvalue weighted by Gasteiger charge is 2.04. The normalized spacial score (nSPS) is 10.3. The minimum Gasteiger partial charge on any atom is -0.345 e. The van der Waals surface area contributed by atoms with Gasteiger partial charge in [-0.15, -0.1) is 0 Å². The second-order valence-corrected chi connectivity index (χ2v) is 3.33. The van der Waals surface area contributed by atoms with Gasteiger partial charge in [0, 0.05) is 18.0 Å². The summed E-state index contributed by atoms with van der Waals surface area (Å²) < 4.78 is 0. The number of aromatic amines is 1. The largest absolute Gasteiger partial charge is 0.345 e. The number of hydrogen-bond acceptors (Lipinski definition) is 1. The molecular formula is C10H9ClN2. The van der Waals surface area contributed by atoms with E-state index in [4.69, 9.17) is 11.6 Å². The van der Waals surface area contributed by atoms with Gasteiger partial charge in [0.25, 0.3) is 0 Å². The highest BCUT2D eigenvalue weighted by molar-refractivity contribution is 6.33. The van der Waals surface area contributed by atoms with Gasteiger partial charge in [-0.05, 0) is 24.6 Å². The van der Waals surface area contributed by atoms with Gasteiger partial charge in [-0.2, -0.15) is 0 Å². The summed E-state index contributed by atoms with van der Waals surface area (Å²) in [7, 11) is 0. The summed E-state index contributed by atoms with van der Waals surface area (Å²) in [6.45, 7) is 2.01. The molecule has 1 aromatic carbocycles. The highest BCUT2D eigenvalue weighted by Crippen LogP contribution is 2.25. The number of nitrogens with one attached hydrogen (secondary N) is 1. The molecule has 0 aliphatic heterocycles.